The van der Waals surface area contributed by atoms with Crippen molar-refractivity contribution >= 4 is 11.9 Å². The lowest BCUT2D eigenvalue weighted by Gasteiger charge is -2.40. The van der Waals surface area contributed by atoms with Crippen LogP contribution < -0.4 is 0 Å². The second-order valence-electron chi connectivity index (χ2n) is 6.93. The molecule has 9 heteroatoms. The molecule has 1 aliphatic heterocycles. The zero-order valence-electron chi connectivity index (χ0n) is 15.7. The third-order valence-corrected chi connectivity index (χ3v) is 4.96. The van der Waals surface area contributed by atoms with Crippen LogP contribution in [0.4, 0.5) is 0 Å². The van der Waals surface area contributed by atoms with Gasteiger partial charge in [0, 0.05) is 0 Å². The Bertz CT molecular complexity index is 936. The average molecular weight is 418 g/mol. The predicted molar refractivity (Wildman–Crippen MR) is 104 cm³/mol. The van der Waals surface area contributed by atoms with E-state index in [-0.39, 0.29) is 16.9 Å². The van der Waals surface area contributed by atoms with Crippen molar-refractivity contribution < 1.29 is 45.3 Å². The number of phenols is 3. The molecule has 0 saturated carbocycles. The number of benzene rings is 2. The van der Waals surface area contributed by atoms with Gasteiger partial charge in [-0.05, 0) is 35.9 Å². The largest absolute Gasteiger partial charge is 0.508 e. The SMILES string of the molecule is O=C(C=Cc1ccc(O)cc1)c1ccc(O)c(C2OC(CO)C(O)C(O)C2O)c1O. The van der Waals surface area contributed by atoms with Crippen LogP contribution >= 0.6 is 0 Å². The lowest BCUT2D eigenvalue weighted by atomic mass is 9.89. The van der Waals surface area contributed by atoms with Gasteiger partial charge in [-0.3, -0.25) is 4.79 Å². The second kappa shape index (κ2) is 8.82. The Morgan fingerprint density at radius 2 is 1.60 bits per heavy atom. The first-order valence-electron chi connectivity index (χ1n) is 9.11. The molecule has 5 unspecified atom stereocenters. The van der Waals surface area contributed by atoms with Crippen molar-refractivity contribution in [3.8, 4) is 17.2 Å². The molecule has 1 fully saturated rings. The normalized spacial score (nSPS) is 26.7. The molecule has 160 valence electrons. The monoisotopic (exact) mass is 418 g/mol. The van der Waals surface area contributed by atoms with Gasteiger partial charge in [0.05, 0.1) is 17.7 Å². The lowest BCUT2D eigenvalue weighted by Crippen LogP contribution is -2.55. The summed E-state index contributed by atoms with van der Waals surface area (Å²) < 4.78 is 5.37. The van der Waals surface area contributed by atoms with Crippen LogP contribution in [0.15, 0.2) is 42.5 Å². The number of aliphatic hydroxyl groups excluding tert-OH is 4. The van der Waals surface area contributed by atoms with E-state index in [1.165, 1.54) is 30.4 Å². The first-order valence-corrected chi connectivity index (χ1v) is 9.11. The highest BCUT2D eigenvalue weighted by atomic mass is 16.5. The fourth-order valence-electron chi connectivity index (χ4n) is 3.26. The van der Waals surface area contributed by atoms with Crippen LogP contribution in [0.3, 0.4) is 0 Å². The zero-order valence-corrected chi connectivity index (χ0v) is 15.7. The Hall–Kier alpha value is -2.95. The van der Waals surface area contributed by atoms with E-state index in [9.17, 15) is 40.5 Å². The summed E-state index contributed by atoms with van der Waals surface area (Å²) in [5.41, 5.74) is 0.0687. The quantitative estimate of drug-likeness (QED) is 0.265. The van der Waals surface area contributed by atoms with E-state index < -0.39 is 54.4 Å². The third kappa shape index (κ3) is 4.16. The fourth-order valence-corrected chi connectivity index (χ4v) is 3.26. The van der Waals surface area contributed by atoms with Crippen LogP contribution in [-0.2, 0) is 4.74 Å². The molecule has 9 nitrogen and oxygen atoms in total. The Morgan fingerprint density at radius 3 is 2.23 bits per heavy atom. The molecule has 0 bridgehead atoms. The van der Waals surface area contributed by atoms with E-state index in [0.29, 0.717) is 5.56 Å². The standard InChI is InChI=1S/C21H22O9/c22-9-15-18(27)19(28)20(29)21(30-15)16-14(25)8-6-12(17(16)26)13(24)7-3-10-1-4-11(23)5-2-10/h1-8,15,18-23,25-29H,9H2. The number of aliphatic hydroxyl groups is 4. The average Bonchev–Trinajstić information content (AvgIpc) is 2.73. The van der Waals surface area contributed by atoms with E-state index in [2.05, 4.69) is 0 Å². The molecule has 3 rings (SSSR count). The van der Waals surface area contributed by atoms with Gasteiger partial charge < -0.3 is 40.5 Å². The molecule has 1 saturated heterocycles. The predicted octanol–water partition coefficient (Wildman–Crippen LogP) is 0.214. The molecule has 30 heavy (non-hydrogen) atoms. The van der Waals surface area contributed by atoms with Crippen molar-refractivity contribution in [2.24, 2.45) is 0 Å². The molecule has 1 heterocycles. The summed E-state index contributed by atoms with van der Waals surface area (Å²) in [6.07, 6.45) is -5.18. The maximum absolute atomic E-state index is 12.6. The van der Waals surface area contributed by atoms with Crippen LogP contribution in [0.1, 0.15) is 27.6 Å². The van der Waals surface area contributed by atoms with Crippen LogP contribution in [0, 0.1) is 0 Å². The number of ketones is 1. The van der Waals surface area contributed by atoms with Crippen molar-refractivity contribution in [3.05, 3.63) is 59.2 Å². The molecular weight excluding hydrogens is 396 g/mol. The van der Waals surface area contributed by atoms with Gasteiger partial charge >= 0.3 is 0 Å². The van der Waals surface area contributed by atoms with E-state index in [4.69, 9.17) is 4.74 Å². The maximum atomic E-state index is 12.6. The van der Waals surface area contributed by atoms with Gasteiger partial charge in [0.15, 0.2) is 5.78 Å². The minimum Gasteiger partial charge on any atom is -0.508 e. The third-order valence-electron chi connectivity index (χ3n) is 4.96. The number of rotatable bonds is 5. The van der Waals surface area contributed by atoms with Crippen LogP contribution in [-0.4, -0.2) is 72.6 Å². The number of hydrogen-bond donors (Lipinski definition) is 7. The molecule has 0 spiro atoms. The molecule has 0 amide bonds. The highest BCUT2D eigenvalue weighted by molar-refractivity contribution is 6.09. The first kappa shape index (κ1) is 21.8. The van der Waals surface area contributed by atoms with Crippen LogP contribution in [0.2, 0.25) is 0 Å². The molecule has 0 aromatic heterocycles. The van der Waals surface area contributed by atoms with Gasteiger partial charge in [-0.1, -0.05) is 18.2 Å². The minimum absolute atomic E-state index is 0.0684. The molecule has 1 aliphatic rings. The molecule has 2 aromatic rings. The summed E-state index contributed by atoms with van der Waals surface area (Å²) in [7, 11) is 0. The van der Waals surface area contributed by atoms with Gasteiger partial charge in [-0.25, -0.2) is 0 Å². The number of hydrogen-bond acceptors (Lipinski definition) is 9. The van der Waals surface area contributed by atoms with E-state index >= 15 is 0 Å². The van der Waals surface area contributed by atoms with Crippen molar-refractivity contribution in [3.63, 3.8) is 0 Å². The van der Waals surface area contributed by atoms with E-state index in [0.717, 1.165) is 6.07 Å². The van der Waals surface area contributed by atoms with E-state index in [1.807, 2.05) is 0 Å². The van der Waals surface area contributed by atoms with Crippen molar-refractivity contribution in [1.82, 2.24) is 0 Å². The summed E-state index contributed by atoms with van der Waals surface area (Å²) in [4.78, 5) is 12.6. The number of aromatic hydroxyl groups is 3. The van der Waals surface area contributed by atoms with Crippen molar-refractivity contribution in [1.29, 1.82) is 0 Å². The Morgan fingerprint density at radius 1 is 0.933 bits per heavy atom. The highest BCUT2D eigenvalue weighted by Gasteiger charge is 2.46. The number of phenolic OH excluding ortho intramolecular Hbond substituents is 3. The molecule has 2 aromatic carbocycles. The molecular formula is C21H22O9. The first-order chi connectivity index (χ1) is 14.2. The minimum atomic E-state index is -1.74. The number of carbonyl (C=O) groups excluding carboxylic acids is 1. The van der Waals surface area contributed by atoms with Gasteiger partial charge in [0.2, 0.25) is 0 Å². The molecule has 7 N–H and O–H groups in total. The lowest BCUT2D eigenvalue weighted by molar-refractivity contribution is -0.232. The maximum Gasteiger partial charge on any atom is 0.189 e. The van der Waals surface area contributed by atoms with Crippen molar-refractivity contribution in [2.75, 3.05) is 6.61 Å². The summed E-state index contributed by atoms with van der Waals surface area (Å²) in [5, 5.41) is 69.6. The van der Waals surface area contributed by atoms with Gasteiger partial charge in [-0.2, -0.15) is 0 Å². The van der Waals surface area contributed by atoms with Crippen LogP contribution in [0.25, 0.3) is 6.08 Å². The fraction of sp³-hybridized carbons (Fsp3) is 0.286. The summed E-state index contributed by atoms with van der Waals surface area (Å²) >= 11 is 0. The Kier molecular flexibility index (Phi) is 6.40. The summed E-state index contributed by atoms with van der Waals surface area (Å²) in [5.74, 6) is -1.72. The summed E-state index contributed by atoms with van der Waals surface area (Å²) in [6, 6.07) is 8.35. The molecule has 0 aliphatic carbocycles. The molecule has 0 radical (unpaired) electrons. The smallest absolute Gasteiger partial charge is 0.189 e. The Balaban J connectivity index is 1.93. The highest BCUT2D eigenvalue weighted by Crippen LogP contribution is 2.42. The van der Waals surface area contributed by atoms with E-state index in [1.54, 1.807) is 12.1 Å². The van der Waals surface area contributed by atoms with Crippen molar-refractivity contribution in [2.45, 2.75) is 30.5 Å². The molecule has 5 atom stereocenters. The Labute approximate surface area is 171 Å². The van der Waals surface area contributed by atoms with Gasteiger partial charge in [0.25, 0.3) is 0 Å². The van der Waals surface area contributed by atoms with Gasteiger partial charge in [0.1, 0.15) is 47.8 Å². The topological polar surface area (TPSA) is 168 Å². The summed E-state index contributed by atoms with van der Waals surface area (Å²) in [6.45, 7) is -0.684. The number of carbonyl (C=O) groups is 1. The number of allylic oxidation sites excluding steroid dienone is 1. The zero-order chi connectivity index (χ0) is 22.0. The number of ether oxygens (including phenoxy) is 1. The second-order valence-corrected chi connectivity index (χ2v) is 6.93. The van der Waals surface area contributed by atoms with Crippen LogP contribution in [0.5, 0.6) is 17.2 Å². The van der Waals surface area contributed by atoms with Gasteiger partial charge in [-0.15, -0.1) is 0 Å².